The highest BCUT2D eigenvalue weighted by atomic mass is 79.9. The van der Waals surface area contributed by atoms with Crippen LogP contribution in [0.5, 0.6) is 0 Å². The lowest BCUT2D eigenvalue weighted by atomic mass is 10.1. The standard InChI is InChI=1S/C14H9BrO3/c1-8-2-3-10-9(6-8)7-12(17-10)14(16)11-4-5-13(15)18-11/h2-7H,1H3. The highest BCUT2D eigenvalue weighted by Gasteiger charge is 2.17. The van der Waals surface area contributed by atoms with Gasteiger partial charge in [0.2, 0.25) is 0 Å². The summed E-state index contributed by atoms with van der Waals surface area (Å²) in [5.74, 6) is 0.296. The van der Waals surface area contributed by atoms with Crippen molar-refractivity contribution in [2.45, 2.75) is 6.92 Å². The zero-order valence-electron chi connectivity index (χ0n) is 9.57. The van der Waals surface area contributed by atoms with Crippen LogP contribution in [-0.2, 0) is 0 Å². The van der Waals surface area contributed by atoms with Gasteiger partial charge in [0.25, 0.3) is 5.78 Å². The monoisotopic (exact) mass is 304 g/mol. The van der Waals surface area contributed by atoms with Crippen LogP contribution in [-0.4, -0.2) is 5.78 Å². The molecule has 0 radical (unpaired) electrons. The third-order valence-electron chi connectivity index (χ3n) is 2.69. The molecular weight excluding hydrogens is 296 g/mol. The largest absolute Gasteiger partial charge is 0.452 e. The Morgan fingerprint density at radius 2 is 1.89 bits per heavy atom. The van der Waals surface area contributed by atoms with Crippen LogP contribution in [0.3, 0.4) is 0 Å². The van der Waals surface area contributed by atoms with Crippen molar-refractivity contribution in [3.8, 4) is 0 Å². The topological polar surface area (TPSA) is 43.4 Å². The molecule has 0 saturated carbocycles. The van der Waals surface area contributed by atoms with Gasteiger partial charge in [-0.05, 0) is 53.2 Å². The highest BCUT2D eigenvalue weighted by Crippen LogP contribution is 2.24. The molecule has 18 heavy (non-hydrogen) atoms. The van der Waals surface area contributed by atoms with E-state index in [1.807, 2.05) is 25.1 Å². The van der Waals surface area contributed by atoms with Gasteiger partial charge in [0.1, 0.15) is 5.58 Å². The molecule has 0 saturated heterocycles. The number of carbonyl (C=O) groups is 1. The van der Waals surface area contributed by atoms with Crippen LogP contribution >= 0.6 is 15.9 Å². The number of rotatable bonds is 2. The second-order valence-electron chi connectivity index (χ2n) is 4.08. The number of hydrogen-bond donors (Lipinski definition) is 0. The predicted octanol–water partition coefficient (Wildman–Crippen LogP) is 4.33. The maximum Gasteiger partial charge on any atom is 0.263 e. The molecule has 0 spiro atoms. The Morgan fingerprint density at radius 1 is 1.06 bits per heavy atom. The first-order valence-corrected chi connectivity index (χ1v) is 6.23. The minimum Gasteiger partial charge on any atom is -0.452 e. The van der Waals surface area contributed by atoms with Gasteiger partial charge >= 0.3 is 0 Å². The van der Waals surface area contributed by atoms with E-state index in [0.29, 0.717) is 10.3 Å². The van der Waals surface area contributed by atoms with Crippen molar-refractivity contribution in [1.82, 2.24) is 0 Å². The zero-order valence-corrected chi connectivity index (χ0v) is 11.2. The second kappa shape index (κ2) is 4.14. The van der Waals surface area contributed by atoms with Gasteiger partial charge in [-0.3, -0.25) is 4.79 Å². The number of hydrogen-bond acceptors (Lipinski definition) is 3. The number of ketones is 1. The van der Waals surface area contributed by atoms with Crippen LogP contribution in [0.1, 0.15) is 21.9 Å². The van der Waals surface area contributed by atoms with Gasteiger partial charge < -0.3 is 8.83 Å². The Bertz CT molecular complexity index is 736. The van der Waals surface area contributed by atoms with E-state index < -0.39 is 0 Å². The molecule has 2 aromatic heterocycles. The molecule has 0 amide bonds. The maximum atomic E-state index is 12.1. The number of fused-ring (bicyclic) bond motifs is 1. The Balaban J connectivity index is 2.06. The lowest BCUT2D eigenvalue weighted by Crippen LogP contribution is -1.96. The Hall–Kier alpha value is -1.81. The first-order chi connectivity index (χ1) is 8.63. The van der Waals surface area contributed by atoms with Crippen molar-refractivity contribution in [3.63, 3.8) is 0 Å². The van der Waals surface area contributed by atoms with Gasteiger partial charge in [0.15, 0.2) is 16.2 Å². The van der Waals surface area contributed by atoms with Gasteiger partial charge in [-0.2, -0.15) is 0 Å². The van der Waals surface area contributed by atoms with E-state index in [4.69, 9.17) is 8.83 Å². The quantitative estimate of drug-likeness (QED) is 0.662. The van der Waals surface area contributed by atoms with Crippen molar-refractivity contribution >= 4 is 32.7 Å². The van der Waals surface area contributed by atoms with E-state index in [2.05, 4.69) is 15.9 Å². The number of carbonyl (C=O) groups excluding carboxylic acids is 1. The van der Waals surface area contributed by atoms with Crippen molar-refractivity contribution < 1.29 is 13.6 Å². The van der Waals surface area contributed by atoms with Crippen LogP contribution in [0.15, 0.2) is 49.9 Å². The van der Waals surface area contributed by atoms with Crippen LogP contribution in [0.2, 0.25) is 0 Å². The molecule has 0 atom stereocenters. The van der Waals surface area contributed by atoms with Gasteiger partial charge in [-0.15, -0.1) is 0 Å². The average molecular weight is 305 g/mol. The fourth-order valence-electron chi connectivity index (χ4n) is 1.83. The molecule has 4 heteroatoms. The van der Waals surface area contributed by atoms with Crippen molar-refractivity contribution in [3.05, 3.63) is 58.2 Å². The molecule has 0 aliphatic rings. The Kier molecular flexibility index (Phi) is 2.59. The molecule has 3 aromatic rings. The normalized spacial score (nSPS) is 11.0. The third kappa shape index (κ3) is 1.88. The minimum atomic E-state index is -0.255. The van der Waals surface area contributed by atoms with Crippen LogP contribution in [0.4, 0.5) is 0 Å². The third-order valence-corrected chi connectivity index (χ3v) is 3.12. The van der Waals surface area contributed by atoms with Gasteiger partial charge in [-0.1, -0.05) is 11.6 Å². The van der Waals surface area contributed by atoms with Crippen LogP contribution < -0.4 is 0 Å². The molecule has 0 bridgehead atoms. The summed E-state index contributed by atoms with van der Waals surface area (Å²) in [5.41, 5.74) is 1.83. The Labute approximate surface area is 112 Å². The first-order valence-electron chi connectivity index (χ1n) is 5.44. The summed E-state index contributed by atoms with van der Waals surface area (Å²) in [7, 11) is 0. The second-order valence-corrected chi connectivity index (χ2v) is 4.87. The number of halogens is 1. The van der Waals surface area contributed by atoms with Crippen molar-refractivity contribution in [1.29, 1.82) is 0 Å². The summed E-state index contributed by atoms with van der Waals surface area (Å²) in [6.45, 7) is 2.00. The predicted molar refractivity (Wildman–Crippen MR) is 70.8 cm³/mol. The fourth-order valence-corrected chi connectivity index (χ4v) is 2.14. The molecule has 1 aromatic carbocycles. The molecule has 90 valence electrons. The molecule has 0 aliphatic carbocycles. The van der Waals surface area contributed by atoms with Crippen molar-refractivity contribution in [2.24, 2.45) is 0 Å². The average Bonchev–Trinajstić information content (AvgIpc) is 2.93. The molecule has 3 rings (SSSR count). The summed E-state index contributed by atoms with van der Waals surface area (Å²) in [6, 6.07) is 10.8. The van der Waals surface area contributed by atoms with E-state index in [-0.39, 0.29) is 17.3 Å². The molecule has 2 heterocycles. The summed E-state index contributed by atoms with van der Waals surface area (Å²) in [5, 5.41) is 0.920. The SMILES string of the molecule is Cc1ccc2oc(C(=O)c3ccc(Br)o3)cc2c1. The molecule has 0 fully saturated rings. The highest BCUT2D eigenvalue weighted by molar-refractivity contribution is 9.10. The summed E-state index contributed by atoms with van der Waals surface area (Å²) in [6.07, 6.45) is 0. The van der Waals surface area contributed by atoms with Gasteiger partial charge in [-0.25, -0.2) is 0 Å². The number of benzene rings is 1. The van der Waals surface area contributed by atoms with E-state index >= 15 is 0 Å². The van der Waals surface area contributed by atoms with E-state index in [1.54, 1.807) is 18.2 Å². The summed E-state index contributed by atoms with van der Waals surface area (Å²) < 4.78 is 11.3. The van der Waals surface area contributed by atoms with E-state index in [1.165, 1.54) is 0 Å². The molecular formula is C14H9BrO3. The van der Waals surface area contributed by atoms with Gasteiger partial charge in [0, 0.05) is 5.39 Å². The summed E-state index contributed by atoms with van der Waals surface area (Å²) >= 11 is 3.17. The fraction of sp³-hybridized carbons (Fsp3) is 0.0714. The molecule has 3 nitrogen and oxygen atoms in total. The number of furan rings is 2. The van der Waals surface area contributed by atoms with E-state index in [0.717, 1.165) is 10.9 Å². The molecule has 0 unspecified atom stereocenters. The smallest absolute Gasteiger partial charge is 0.263 e. The first kappa shape index (κ1) is 11.3. The van der Waals surface area contributed by atoms with Crippen molar-refractivity contribution in [2.75, 3.05) is 0 Å². The summed E-state index contributed by atoms with van der Waals surface area (Å²) in [4.78, 5) is 12.1. The number of aryl methyl sites for hydroxylation is 1. The lowest BCUT2D eigenvalue weighted by molar-refractivity contribution is 0.0984. The molecule has 0 aliphatic heterocycles. The van der Waals surface area contributed by atoms with Crippen LogP contribution in [0.25, 0.3) is 11.0 Å². The van der Waals surface area contributed by atoms with Gasteiger partial charge in [0.05, 0.1) is 0 Å². The lowest BCUT2D eigenvalue weighted by Gasteiger charge is -1.91. The maximum absolute atomic E-state index is 12.1. The minimum absolute atomic E-state index is 0.255. The zero-order chi connectivity index (χ0) is 12.7. The van der Waals surface area contributed by atoms with E-state index in [9.17, 15) is 4.79 Å². The van der Waals surface area contributed by atoms with Crippen LogP contribution in [0, 0.1) is 6.92 Å². The molecule has 0 N–H and O–H groups in total. The Morgan fingerprint density at radius 3 is 2.61 bits per heavy atom.